The first-order valence-electron chi connectivity index (χ1n) is 6.45. The van der Waals surface area contributed by atoms with Crippen LogP contribution in [0.2, 0.25) is 0 Å². The largest absolute Gasteiger partial charge is 0.486 e. The minimum absolute atomic E-state index is 0.277. The smallest absolute Gasteiger partial charge is 0.416 e. The van der Waals surface area contributed by atoms with Gasteiger partial charge in [0.15, 0.2) is 0 Å². The Balaban J connectivity index is 2.14. The van der Waals surface area contributed by atoms with Gasteiger partial charge in [-0.25, -0.2) is 0 Å². The number of alkyl halides is 4. The van der Waals surface area contributed by atoms with Gasteiger partial charge in [-0.05, 0) is 29.8 Å². The van der Waals surface area contributed by atoms with Gasteiger partial charge in [0.2, 0.25) is 0 Å². The molecule has 2 rings (SSSR count). The maximum Gasteiger partial charge on any atom is 0.416 e. The van der Waals surface area contributed by atoms with Crippen LogP contribution >= 0.6 is 11.6 Å². The average molecular weight is 315 g/mol. The van der Waals surface area contributed by atoms with Crippen LogP contribution in [0.4, 0.5) is 13.2 Å². The Bertz CT molecular complexity index is 552. The lowest BCUT2D eigenvalue weighted by molar-refractivity contribution is -0.137. The first kappa shape index (κ1) is 15.7. The molecule has 0 aliphatic heterocycles. The van der Waals surface area contributed by atoms with Crippen LogP contribution in [0.1, 0.15) is 23.7 Å². The van der Waals surface area contributed by atoms with Crippen molar-refractivity contribution >= 4 is 11.6 Å². The Hall–Kier alpha value is -1.68. The van der Waals surface area contributed by atoms with Crippen LogP contribution < -0.4 is 4.74 Å². The zero-order valence-electron chi connectivity index (χ0n) is 11.1. The third-order valence-electron chi connectivity index (χ3n) is 3.00. The lowest BCUT2D eigenvalue weighted by Crippen LogP contribution is -2.09. The van der Waals surface area contributed by atoms with Crippen molar-refractivity contribution in [1.82, 2.24) is 0 Å². The van der Waals surface area contributed by atoms with Gasteiger partial charge in [0.05, 0.1) is 5.56 Å². The Morgan fingerprint density at radius 1 is 0.952 bits per heavy atom. The fourth-order valence-electron chi connectivity index (χ4n) is 1.95. The van der Waals surface area contributed by atoms with Gasteiger partial charge in [0.1, 0.15) is 11.9 Å². The second kappa shape index (κ2) is 6.85. The van der Waals surface area contributed by atoms with Crippen molar-refractivity contribution in [2.45, 2.75) is 18.7 Å². The first-order valence-corrected chi connectivity index (χ1v) is 6.99. The van der Waals surface area contributed by atoms with Gasteiger partial charge >= 0.3 is 6.18 Å². The summed E-state index contributed by atoms with van der Waals surface area (Å²) in [5.74, 6) is 0.794. The Morgan fingerprint density at radius 2 is 1.57 bits per heavy atom. The van der Waals surface area contributed by atoms with E-state index in [1.807, 2.05) is 30.3 Å². The molecule has 5 heteroatoms. The van der Waals surface area contributed by atoms with Crippen molar-refractivity contribution < 1.29 is 17.9 Å². The number of halogens is 4. The predicted molar refractivity (Wildman–Crippen MR) is 76.6 cm³/mol. The van der Waals surface area contributed by atoms with Crippen LogP contribution in [0.5, 0.6) is 5.75 Å². The van der Waals surface area contributed by atoms with E-state index in [0.29, 0.717) is 18.1 Å². The van der Waals surface area contributed by atoms with E-state index in [-0.39, 0.29) is 6.10 Å². The van der Waals surface area contributed by atoms with Crippen molar-refractivity contribution in [2.24, 2.45) is 0 Å². The quantitative estimate of drug-likeness (QED) is 0.666. The topological polar surface area (TPSA) is 9.23 Å². The summed E-state index contributed by atoms with van der Waals surface area (Å²) >= 11 is 5.77. The zero-order chi connectivity index (χ0) is 15.3. The number of rotatable bonds is 5. The Kier molecular flexibility index (Phi) is 5.12. The highest BCUT2D eigenvalue weighted by molar-refractivity contribution is 6.17. The van der Waals surface area contributed by atoms with Crippen molar-refractivity contribution in [3.63, 3.8) is 0 Å². The van der Waals surface area contributed by atoms with E-state index in [1.54, 1.807) is 0 Å². The monoisotopic (exact) mass is 314 g/mol. The summed E-state index contributed by atoms with van der Waals surface area (Å²) in [5, 5.41) is 0. The third kappa shape index (κ3) is 4.39. The minimum Gasteiger partial charge on any atom is -0.486 e. The maximum absolute atomic E-state index is 12.5. The molecule has 0 N–H and O–H groups in total. The number of ether oxygens (including phenoxy) is 1. The van der Waals surface area contributed by atoms with Crippen LogP contribution in [0.25, 0.3) is 0 Å². The summed E-state index contributed by atoms with van der Waals surface area (Å²) in [4.78, 5) is 0. The highest BCUT2D eigenvalue weighted by atomic mass is 35.5. The summed E-state index contributed by atoms with van der Waals surface area (Å²) in [6.07, 6.45) is -4.04. The molecule has 0 aliphatic rings. The van der Waals surface area contributed by atoms with E-state index in [2.05, 4.69) is 0 Å². The number of hydrogen-bond donors (Lipinski definition) is 0. The molecule has 0 fully saturated rings. The molecule has 0 saturated heterocycles. The van der Waals surface area contributed by atoms with Crippen molar-refractivity contribution in [3.05, 3.63) is 65.7 Å². The summed E-state index contributed by atoms with van der Waals surface area (Å²) in [5.41, 5.74) is 0.251. The lowest BCUT2D eigenvalue weighted by atomic mass is 10.1. The van der Waals surface area contributed by atoms with Gasteiger partial charge in [-0.3, -0.25) is 0 Å². The molecule has 0 bridgehead atoms. The second-order valence-corrected chi connectivity index (χ2v) is 4.89. The molecule has 0 spiro atoms. The second-order valence-electron chi connectivity index (χ2n) is 4.52. The van der Waals surface area contributed by atoms with Crippen LogP contribution in [0, 0.1) is 0 Å². The fourth-order valence-corrected chi connectivity index (χ4v) is 2.15. The average Bonchev–Trinajstić information content (AvgIpc) is 2.47. The molecule has 2 aromatic rings. The molecule has 1 unspecified atom stereocenters. The molecule has 1 nitrogen and oxygen atoms in total. The van der Waals surface area contributed by atoms with E-state index in [9.17, 15) is 13.2 Å². The van der Waals surface area contributed by atoms with Gasteiger partial charge in [-0.2, -0.15) is 13.2 Å². The highest BCUT2D eigenvalue weighted by Crippen LogP contribution is 2.31. The van der Waals surface area contributed by atoms with Gasteiger partial charge in [0.25, 0.3) is 0 Å². The summed E-state index contributed by atoms with van der Waals surface area (Å²) in [6.45, 7) is 0. The number of benzene rings is 2. The molecule has 1 atom stereocenters. The molecule has 112 valence electrons. The molecule has 0 aromatic heterocycles. The summed E-state index contributed by atoms with van der Waals surface area (Å²) < 4.78 is 43.3. The van der Waals surface area contributed by atoms with Crippen LogP contribution in [-0.4, -0.2) is 5.88 Å². The molecular weight excluding hydrogens is 301 g/mol. The fraction of sp³-hybridized carbons (Fsp3) is 0.250. The van der Waals surface area contributed by atoms with E-state index in [0.717, 1.165) is 17.7 Å². The van der Waals surface area contributed by atoms with Gasteiger partial charge < -0.3 is 4.74 Å². The predicted octanol–water partition coefficient (Wildman–Crippen LogP) is 5.45. The highest BCUT2D eigenvalue weighted by Gasteiger charge is 2.30. The summed E-state index contributed by atoms with van der Waals surface area (Å²) in [6, 6.07) is 14.1. The van der Waals surface area contributed by atoms with E-state index in [4.69, 9.17) is 16.3 Å². The Labute approximate surface area is 126 Å². The van der Waals surface area contributed by atoms with Crippen LogP contribution in [0.3, 0.4) is 0 Å². The van der Waals surface area contributed by atoms with E-state index < -0.39 is 11.7 Å². The molecule has 0 saturated carbocycles. The molecule has 21 heavy (non-hydrogen) atoms. The van der Waals surface area contributed by atoms with E-state index >= 15 is 0 Å². The standard InChI is InChI=1S/C16H14ClF3O/c17-11-10-15(12-4-2-1-3-5-12)21-14-8-6-13(7-9-14)16(18,19)20/h1-9,15H,10-11H2. The van der Waals surface area contributed by atoms with Gasteiger partial charge in [-0.15, -0.1) is 11.6 Å². The number of hydrogen-bond acceptors (Lipinski definition) is 1. The normalized spacial score (nSPS) is 13.0. The van der Waals surface area contributed by atoms with Gasteiger partial charge in [-0.1, -0.05) is 30.3 Å². The maximum atomic E-state index is 12.5. The van der Waals surface area contributed by atoms with Gasteiger partial charge in [0, 0.05) is 12.3 Å². The lowest BCUT2D eigenvalue weighted by Gasteiger charge is -2.19. The summed E-state index contributed by atoms with van der Waals surface area (Å²) in [7, 11) is 0. The molecule has 2 aromatic carbocycles. The zero-order valence-corrected chi connectivity index (χ0v) is 11.9. The van der Waals surface area contributed by atoms with Crippen LogP contribution in [-0.2, 0) is 6.18 Å². The molecular formula is C16H14ClF3O. The molecule has 0 aliphatic carbocycles. The molecule has 0 radical (unpaired) electrons. The molecule has 0 heterocycles. The van der Waals surface area contributed by atoms with Crippen molar-refractivity contribution in [1.29, 1.82) is 0 Å². The van der Waals surface area contributed by atoms with E-state index in [1.165, 1.54) is 12.1 Å². The van der Waals surface area contributed by atoms with Crippen LogP contribution in [0.15, 0.2) is 54.6 Å². The SMILES string of the molecule is FC(F)(F)c1ccc(OC(CCCl)c2ccccc2)cc1. The minimum atomic E-state index is -4.34. The molecule has 0 amide bonds. The van der Waals surface area contributed by atoms with Crippen molar-refractivity contribution in [3.8, 4) is 5.75 Å². The third-order valence-corrected chi connectivity index (χ3v) is 3.22. The van der Waals surface area contributed by atoms with Crippen molar-refractivity contribution in [2.75, 3.05) is 5.88 Å². The Morgan fingerprint density at radius 3 is 2.10 bits per heavy atom. The first-order chi connectivity index (χ1) is 10.0.